The minimum absolute atomic E-state index is 0.00591. The minimum Gasteiger partial charge on any atom is -0.349 e. The average Bonchev–Trinajstić information content (AvgIpc) is 3.29. The van der Waals surface area contributed by atoms with Crippen LogP contribution in [-0.2, 0) is 16.6 Å². The zero-order valence-corrected chi connectivity index (χ0v) is 17.2. The van der Waals surface area contributed by atoms with Crippen molar-refractivity contribution in [1.29, 1.82) is 0 Å². The van der Waals surface area contributed by atoms with Gasteiger partial charge in [-0.2, -0.15) is 0 Å². The maximum absolute atomic E-state index is 14.1. The molecule has 2 bridgehead atoms. The van der Waals surface area contributed by atoms with E-state index in [0.29, 0.717) is 17.0 Å². The van der Waals surface area contributed by atoms with Crippen molar-refractivity contribution in [3.8, 4) is 0 Å². The first-order valence-corrected chi connectivity index (χ1v) is 11.8. The summed E-state index contributed by atoms with van der Waals surface area (Å²) in [5.41, 5.74) is 1.23. The molecule has 3 unspecified atom stereocenters. The third-order valence-corrected chi connectivity index (χ3v) is 7.24. The standard InChI is InChI=1S/C22H25FN2O3S/c1-29(27,28)25(21-5-3-2-4-19(21)23)14-15-6-9-17(10-7-15)22(26)24-20-13-16-8-11-18(20)12-16/h2-7,9-10,16,18,20H,8,11-14H2,1H3,(H,24,26). The normalized spacial score (nSPS) is 23.2. The van der Waals surface area contributed by atoms with Crippen molar-refractivity contribution in [2.75, 3.05) is 10.6 Å². The van der Waals surface area contributed by atoms with Crippen molar-refractivity contribution in [3.05, 3.63) is 65.5 Å². The lowest BCUT2D eigenvalue weighted by molar-refractivity contribution is 0.0923. The Kier molecular flexibility index (Phi) is 5.34. The van der Waals surface area contributed by atoms with Crippen LogP contribution in [0.15, 0.2) is 48.5 Å². The van der Waals surface area contributed by atoms with Gasteiger partial charge in [-0.1, -0.05) is 30.7 Å². The number of benzene rings is 2. The van der Waals surface area contributed by atoms with E-state index in [-0.39, 0.29) is 24.2 Å². The molecular weight excluding hydrogens is 391 g/mol. The van der Waals surface area contributed by atoms with Crippen LogP contribution in [0.3, 0.4) is 0 Å². The number of amides is 1. The summed E-state index contributed by atoms with van der Waals surface area (Å²) in [6, 6.07) is 12.9. The van der Waals surface area contributed by atoms with Gasteiger partial charge in [-0.3, -0.25) is 9.10 Å². The highest BCUT2D eigenvalue weighted by atomic mass is 32.2. The molecule has 0 saturated heterocycles. The second-order valence-corrected chi connectivity index (χ2v) is 10.1. The largest absolute Gasteiger partial charge is 0.349 e. The molecule has 0 aromatic heterocycles. The van der Waals surface area contributed by atoms with Gasteiger partial charge in [-0.25, -0.2) is 12.8 Å². The predicted molar refractivity (Wildman–Crippen MR) is 111 cm³/mol. The average molecular weight is 417 g/mol. The summed E-state index contributed by atoms with van der Waals surface area (Å²) in [7, 11) is -3.67. The number of fused-ring (bicyclic) bond motifs is 2. The Morgan fingerprint density at radius 3 is 2.41 bits per heavy atom. The van der Waals surface area contributed by atoms with Crippen LogP contribution in [0.2, 0.25) is 0 Å². The maximum Gasteiger partial charge on any atom is 0.251 e. The second kappa shape index (κ2) is 7.78. The topological polar surface area (TPSA) is 66.5 Å². The third-order valence-electron chi connectivity index (χ3n) is 6.12. The summed E-state index contributed by atoms with van der Waals surface area (Å²) in [5, 5.41) is 3.15. The smallest absolute Gasteiger partial charge is 0.251 e. The van der Waals surface area contributed by atoms with Gasteiger partial charge >= 0.3 is 0 Å². The molecule has 3 atom stereocenters. The first-order chi connectivity index (χ1) is 13.8. The van der Waals surface area contributed by atoms with Crippen LogP contribution in [0.5, 0.6) is 0 Å². The van der Waals surface area contributed by atoms with Gasteiger partial charge in [0.15, 0.2) is 0 Å². The fraction of sp³-hybridized carbons (Fsp3) is 0.409. The number of nitrogens with one attached hydrogen (secondary N) is 1. The van der Waals surface area contributed by atoms with E-state index < -0.39 is 15.8 Å². The molecule has 0 heterocycles. The van der Waals surface area contributed by atoms with Crippen LogP contribution in [0.4, 0.5) is 10.1 Å². The molecule has 29 heavy (non-hydrogen) atoms. The Morgan fingerprint density at radius 2 is 1.83 bits per heavy atom. The molecule has 5 nitrogen and oxygen atoms in total. The summed E-state index contributed by atoms with van der Waals surface area (Å²) >= 11 is 0. The van der Waals surface area contributed by atoms with Crippen molar-refractivity contribution in [3.63, 3.8) is 0 Å². The number of rotatable bonds is 6. The molecule has 2 saturated carbocycles. The summed E-state index contributed by atoms with van der Waals surface area (Å²) in [6.45, 7) is -0.00591. The lowest BCUT2D eigenvalue weighted by atomic mass is 9.95. The molecule has 7 heteroatoms. The highest BCUT2D eigenvalue weighted by Gasteiger charge is 2.40. The SMILES string of the molecule is CS(=O)(=O)N(Cc1ccc(C(=O)NC2CC3CCC2C3)cc1)c1ccccc1F. The molecule has 154 valence electrons. The number of para-hydroxylation sites is 1. The van der Waals surface area contributed by atoms with E-state index in [2.05, 4.69) is 5.32 Å². The number of halogens is 1. The Balaban J connectivity index is 1.46. The highest BCUT2D eigenvalue weighted by molar-refractivity contribution is 7.92. The van der Waals surface area contributed by atoms with E-state index in [1.54, 1.807) is 30.3 Å². The van der Waals surface area contributed by atoms with Gasteiger partial charge in [0.05, 0.1) is 18.5 Å². The molecule has 0 spiro atoms. The van der Waals surface area contributed by atoms with Gasteiger partial charge in [0.25, 0.3) is 5.91 Å². The lowest BCUT2D eigenvalue weighted by Gasteiger charge is -2.24. The summed E-state index contributed by atoms with van der Waals surface area (Å²) in [4.78, 5) is 12.6. The molecule has 1 N–H and O–H groups in total. The van der Waals surface area contributed by atoms with Crippen LogP contribution >= 0.6 is 0 Å². The van der Waals surface area contributed by atoms with E-state index >= 15 is 0 Å². The van der Waals surface area contributed by atoms with Gasteiger partial charge in [0.1, 0.15) is 5.82 Å². The van der Waals surface area contributed by atoms with Crippen molar-refractivity contribution in [1.82, 2.24) is 5.32 Å². The van der Waals surface area contributed by atoms with E-state index in [9.17, 15) is 17.6 Å². The second-order valence-electron chi connectivity index (χ2n) is 8.17. The van der Waals surface area contributed by atoms with Gasteiger partial charge in [0.2, 0.25) is 10.0 Å². The fourth-order valence-corrected chi connectivity index (χ4v) is 5.52. The van der Waals surface area contributed by atoms with Crippen molar-refractivity contribution in [2.24, 2.45) is 11.8 Å². The molecule has 2 aromatic rings. The molecule has 2 aliphatic carbocycles. The van der Waals surface area contributed by atoms with Crippen molar-refractivity contribution < 1.29 is 17.6 Å². The summed E-state index contributed by atoms with van der Waals surface area (Å²) in [5.74, 6) is 0.670. The number of nitrogens with zero attached hydrogens (tertiary/aromatic N) is 1. The molecule has 4 rings (SSSR count). The number of carbonyl (C=O) groups is 1. The van der Waals surface area contributed by atoms with Crippen molar-refractivity contribution in [2.45, 2.75) is 38.3 Å². The highest BCUT2D eigenvalue weighted by Crippen LogP contribution is 2.44. The lowest BCUT2D eigenvalue weighted by Crippen LogP contribution is -2.38. The first kappa shape index (κ1) is 19.9. The molecule has 2 fully saturated rings. The van der Waals surface area contributed by atoms with Crippen LogP contribution in [0.1, 0.15) is 41.6 Å². The van der Waals surface area contributed by atoms with Crippen LogP contribution in [-0.4, -0.2) is 26.6 Å². The molecular formula is C22H25FN2O3S. The van der Waals surface area contributed by atoms with E-state index in [4.69, 9.17) is 0 Å². The zero-order valence-electron chi connectivity index (χ0n) is 16.3. The Bertz CT molecular complexity index is 1010. The molecule has 2 aromatic carbocycles. The first-order valence-electron chi connectivity index (χ1n) is 9.93. The van der Waals surface area contributed by atoms with Crippen LogP contribution in [0, 0.1) is 17.7 Å². The molecule has 0 radical (unpaired) electrons. The van der Waals surface area contributed by atoms with E-state index in [1.165, 1.54) is 37.5 Å². The van der Waals surface area contributed by atoms with Crippen molar-refractivity contribution >= 4 is 21.6 Å². The quantitative estimate of drug-likeness (QED) is 0.781. The van der Waals surface area contributed by atoms with Crippen LogP contribution < -0.4 is 9.62 Å². The Morgan fingerprint density at radius 1 is 1.10 bits per heavy atom. The fourth-order valence-electron chi connectivity index (χ4n) is 4.64. The number of anilines is 1. The minimum atomic E-state index is -3.67. The van der Waals surface area contributed by atoms with Gasteiger partial charge in [-0.05, 0) is 60.9 Å². The third kappa shape index (κ3) is 4.29. The molecule has 1 amide bonds. The number of hydrogen-bond acceptors (Lipinski definition) is 3. The number of carbonyl (C=O) groups excluding carboxylic acids is 1. The van der Waals surface area contributed by atoms with Gasteiger partial charge in [-0.15, -0.1) is 0 Å². The zero-order chi connectivity index (χ0) is 20.6. The van der Waals surface area contributed by atoms with Crippen LogP contribution in [0.25, 0.3) is 0 Å². The monoisotopic (exact) mass is 416 g/mol. The number of sulfonamides is 1. The summed E-state index contributed by atoms with van der Waals surface area (Å²) in [6.07, 6.45) is 5.83. The van der Waals surface area contributed by atoms with E-state index in [0.717, 1.165) is 22.9 Å². The van der Waals surface area contributed by atoms with Gasteiger partial charge in [0, 0.05) is 11.6 Å². The van der Waals surface area contributed by atoms with E-state index in [1.807, 2.05) is 0 Å². The Hall–Kier alpha value is -2.41. The predicted octanol–water partition coefficient (Wildman–Crippen LogP) is 3.71. The van der Waals surface area contributed by atoms with Gasteiger partial charge < -0.3 is 5.32 Å². The number of hydrogen-bond donors (Lipinski definition) is 1. The molecule has 2 aliphatic rings. The molecule has 0 aliphatic heterocycles. The summed E-state index contributed by atoms with van der Waals surface area (Å²) < 4.78 is 39.6. The Labute approximate surface area is 171 Å². The maximum atomic E-state index is 14.1.